The average molecular weight is 272 g/mol. The topological polar surface area (TPSA) is 43.2 Å². The molecule has 4 heteroatoms. The number of nitrogens with zero attached hydrogens (tertiary/aromatic N) is 2. The van der Waals surface area contributed by atoms with Crippen LogP contribution in [0.2, 0.25) is 0 Å². The number of hydrogen-bond acceptors (Lipinski definition) is 4. The zero-order chi connectivity index (χ0) is 15.3. The van der Waals surface area contributed by atoms with Gasteiger partial charge < -0.3 is 0 Å². The molecule has 0 aromatic rings. The highest BCUT2D eigenvalue weighted by atomic mass is 17.2. The molecule has 0 saturated heterocycles. The second-order valence-electron chi connectivity index (χ2n) is 7.42. The molecule has 19 heavy (non-hydrogen) atoms. The molecule has 0 bridgehead atoms. The van der Waals surface area contributed by atoms with Gasteiger partial charge in [-0.2, -0.15) is 10.2 Å². The Kier molecular flexibility index (Phi) is 6.63. The molecule has 0 aliphatic heterocycles. The Morgan fingerprint density at radius 2 is 1.42 bits per heavy atom. The summed E-state index contributed by atoms with van der Waals surface area (Å²) in [6.45, 7) is 18.3. The molecule has 0 aromatic carbocycles. The van der Waals surface area contributed by atoms with E-state index in [2.05, 4.69) is 31.0 Å². The van der Waals surface area contributed by atoms with Gasteiger partial charge in [0.15, 0.2) is 0 Å². The molecule has 114 valence electrons. The van der Waals surface area contributed by atoms with Crippen molar-refractivity contribution in [3.63, 3.8) is 0 Å². The van der Waals surface area contributed by atoms with Crippen molar-refractivity contribution < 1.29 is 9.78 Å². The fourth-order valence-electron chi connectivity index (χ4n) is 1.37. The van der Waals surface area contributed by atoms with Crippen molar-refractivity contribution in [2.45, 2.75) is 92.0 Å². The largest absolute Gasteiger partial charge is 0.228 e. The second kappa shape index (κ2) is 6.80. The van der Waals surface area contributed by atoms with E-state index in [1.54, 1.807) is 0 Å². The molecule has 0 amide bonds. The van der Waals surface area contributed by atoms with Crippen molar-refractivity contribution in [3.05, 3.63) is 0 Å². The summed E-state index contributed by atoms with van der Waals surface area (Å²) >= 11 is 0. The van der Waals surface area contributed by atoms with Gasteiger partial charge >= 0.3 is 0 Å². The number of azo groups is 1. The molecule has 0 rings (SSSR count). The normalized spacial score (nSPS) is 17.2. The summed E-state index contributed by atoms with van der Waals surface area (Å²) in [6, 6.07) is 0. The van der Waals surface area contributed by atoms with Crippen LogP contribution in [0.3, 0.4) is 0 Å². The molecule has 0 fully saturated rings. The molecule has 0 aliphatic rings. The Bertz CT molecular complexity index is 293. The second-order valence-corrected chi connectivity index (χ2v) is 7.42. The van der Waals surface area contributed by atoms with Crippen LogP contribution in [0, 0.1) is 5.92 Å². The molecule has 0 aromatic heterocycles. The van der Waals surface area contributed by atoms with Gasteiger partial charge in [0.2, 0.25) is 5.72 Å². The van der Waals surface area contributed by atoms with Crippen LogP contribution in [-0.2, 0) is 9.78 Å². The van der Waals surface area contributed by atoms with Crippen LogP contribution in [-0.4, -0.2) is 16.9 Å². The van der Waals surface area contributed by atoms with E-state index >= 15 is 0 Å². The van der Waals surface area contributed by atoms with E-state index in [1.165, 1.54) is 0 Å². The van der Waals surface area contributed by atoms with E-state index in [0.29, 0.717) is 5.92 Å². The molecule has 0 aliphatic carbocycles. The summed E-state index contributed by atoms with van der Waals surface area (Å²) in [4.78, 5) is 11.2. The Hall–Kier alpha value is -0.480. The first-order valence-electron chi connectivity index (χ1n) is 7.20. The highest BCUT2D eigenvalue weighted by Crippen LogP contribution is 2.28. The molecule has 0 spiro atoms. The monoisotopic (exact) mass is 272 g/mol. The lowest BCUT2D eigenvalue weighted by atomic mass is 10.0. The first-order chi connectivity index (χ1) is 8.39. The minimum atomic E-state index is -0.728. The molecule has 0 radical (unpaired) electrons. The minimum absolute atomic E-state index is 0.206. The van der Waals surface area contributed by atoms with Crippen LogP contribution in [0.25, 0.3) is 0 Å². The van der Waals surface area contributed by atoms with Crippen LogP contribution in [0.5, 0.6) is 0 Å². The fourth-order valence-corrected chi connectivity index (χ4v) is 1.37. The van der Waals surface area contributed by atoms with E-state index in [1.807, 2.05) is 41.5 Å². The fraction of sp³-hybridized carbons (Fsp3) is 1.00. The van der Waals surface area contributed by atoms with Gasteiger partial charge in [0.1, 0.15) is 0 Å². The molecular formula is C15H32N2O2. The molecule has 0 heterocycles. The first-order valence-corrected chi connectivity index (χ1v) is 7.20. The molecule has 1 unspecified atom stereocenters. The SMILES string of the molecule is CCC(C)(C)OOC(C)(CC(C)C)/N=N/C(C)(C)C. The summed E-state index contributed by atoms with van der Waals surface area (Å²) < 4.78 is 0. The van der Waals surface area contributed by atoms with Crippen molar-refractivity contribution in [1.82, 2.24) is 0 Å². The van der Waals surface area contributed by atoms with Crippen LogP contribution in [0.15, 0.2) is 10.2 Å². The van der Waals surface area contributed by atoms with Gasteiger partial charge in [-0.15, -0.1) is 0 Å². The highest BCUT2D eigenvalue weighted by Gasteiger charge is 2.31. The van der Waals surface area contributed by atoms with Gasteiger partial charge in [-0.3, -0.25) is 0 Å². The van der Waals surface area contributed by atoms with Crippen molar-refractivity contribution in [3.8, 4) is 0 Å². The third kappa shape index (κ3) is 9.11. The maximum Gasteiger partial charge on any atom is 0.209 e. The summed E-state index contributed by atoms with van der Waals surface area (Å²) in [5.74, 6) is 0.456. The van der Waals surface area contributed by atoms with Crippen LogP contribution in [0.1, 0.15) is 75.2 Å². The van der Waals surface area contributed by atoms with Crippen molar-refractivity contribution in [2.75, 3.05) is 0 Å². The number of rotatable bonds is 7. The van der Waals surface area contributed by atoms with Gasteiger partial charge in [0, 0.05) is 6.42 Å². The maximum atomic E-state index is 5.63. The molecular weight excluding hydrogens is 240 g/mol. The van der Waals surface area contributed by atoms with E-state index in [4.69, 9.17) is 9.78 Å². The number of hydrogen-bond donors (Lipinski definition) is 0. The predicted octanol–water partition coefficient (Wildman–Crippen LogP) is 5.14. The molecule has 1 atom stereocenters. The Morgan fingerprint density at radius 3 is 1.79 bits per heavy atom. The van der Waals surface area contributed by atoms with E-state index in [9.17, 15) is 0 Å². The highest BCUT2D eigenvalue weighted by molar-refractivity contribution is 4.75. The van der Waals surface area contributed by atoms with Gasteiger partial charge in [0.25, 0.3) is 0 Å². The van der Waals surface area contributed by atoms with Crippen LogP contribution in [0.4, 0.5) is 0 Å². The smallest absolute Gasteiger partial charge is 0.209 e. The van der Waals surface area contributed by atoms with E-state index in [0.717, 1.165) is 12.8 Å². The van der Waals surface area contributed by atoms with Crippen molar-refractivity contribution in [2.24, 2.45) is 16.1 Å². The lowest BCUT2D eigenvalue weighted by Gasteiger charge is -2.30. The van der Waals surface area contributed by atoms with Crippen molar-refractivity contribution >= 4 is 0 Å². The summed E-state index contributed by atoms with van der Waals surface area (Å²) in [6.07, 6.45) is 1.65. The van der Waals surface area contributed by atoms with E-state index < -0.39 is 5.72 Å². The van der Waals surface area contributed by atoms with Gasteiger partial charge in [0.05, 0.1) is 11.1 Å². The molecule has 0 saturated carbocycles. The van der Waals surface area contributed by atoms with Gasteiger partial charge in [-0.1, -0.05) is 20.8 Å². The Morgan fingerprint density at radius 1 is 0.895 bits per heavy atom. The molecule has 0 N–H and O–H groups in total. The Labute approximate surface area is 118 Å². The lowest BCUT2D eigenvalue weighted by Crippen LogP contribution is -2.34. The maximum absolute atomic E-state index is 5.63. The zero-order valence-corrected chi connectivity index (χ0v) is 14.2. The average Bonchev–Trinajstić information content (AvgIpc) is 2.23. The Balaban J connectivity index is 4.83. The minimum Gasteiger partial charge on any atom is -0.228 e. The van der Waals surface area contributed by atoms with Gasteiger partial charge in [-0.25, -0.2) is 9.78 Å². The quantitative estimate of drug-likeness (QED) is 0.366. The van der Waals surface area contributed by atoms with E-state index in [-0.39, 0.29) is 11.1 Å². The third-order valence-corrected chi connectivity index (χ3v) is 2.65. The summed E-state index contributed by atoms with van der Waals surface area (Å²) in [7, 11) is 0. The van der Waals surface area contributed by atoms with Crippen molar-refractivity contribution in [1.29, 1.82) is 0 Å². The lowest BCUT2D eigenvalue weighted by molar-refractivity contribution is -0.406. The van der Waals surface area contributed by atoms with Gasteiger partial charge in [-0.05, 0) is 53.9 Å². The standard InChI is InChI=1S/C15H32N2O2/c1-10-14(7,8)18-19-15(9,11-12(2)3)17-16-13(4,5)6/h12H,10-11H2,1-9H3/b17-16+. The first kappa shape index (κ1) is 18.5. The molecule has 4 nitrogen and oxygen atoms in total. The van der Waals surface area contributed by atoms with Crippen LogP contribution >= 0.6 is 0 Å². The zero-order valence-electron chi connectivity index (χ0n) is 14.2. The predicted molar refractivity (Wildman–Crippen MR) is 79.0 cm³/mol. The third-order valence-electron chi connectivity index (χ3n) is 2.65. The summed E-state index contributed by atoms with van der Waals surface area (Å²) in [5.41, 5.74) is -1.24. The van der Waals surface area contributed by atoms with Crippen LogP contribution < -0.4 is 0 Å². The summed E-state index contributed by atoms with van der Waals surface area (Å²) in [5, 5.41) is 8.71.